The number of aryl methyl sites for hydroxylation is 1. The van der Waals surface area contributed by atoms with Gasteiger partial charge in [0.05, 0.1) is 20.2 Å². The van der Waals surface area contributed by atoms with Crippen molar-refractivity contribution in [1.29, 1.82) is 0 Å². The molecule has 0 radical (unpaired) electrons. The summed E-state index contributed by atoms with van der Waals surface area (Å²) < 4.78 is 17.8. The van der Waals surface area contributed by atoms with Gasteiger partial charge in [-0.25, -0.2) is 4.21 Å². The summed E-state index contributed by atoms with van der Waals surface area (Å²) in [5, 5.41) is 0. The maximum Gasteiger partial charge on any atom is 0.108 e. The number of benzene rings is 1. The van der Waals surface area contributed by atoms with E-state index in [-0.39, 0.29) is 0 Å². The second-order valence-electron chi connectivity index (χ2n) is 3.17. The zero-order valence-corrected chi connectivity index (χ0v) is 10.5. The van der Waals surface area contributed by atoms with Crippen LogP contribution in [0.25, 0.3) is 0 Å². The van der Waals surface area contributed by atoms with Gasteiger partial charge < -0.3 is 4.42 Å². The summed E-state index contributed by atoms with van der Waals surface area (Å²) in [6.45, 7) is 2.00. The van der Waals surface area contributed by atoms with Crippen LogP contribution in [0.1, 0.15) is 5.56 Å². The molecule has 0 aliphatic heterocycles. The molecule has 0 aliphatic carbocycles. The Morgan fingerprint density at radius 1 is 1.20 bits per heavy atom. The van der Waals surface area contributed by atoms with Crippen molar-refractivity contribution in [1.82, 2.24) is 0 Å². The van der Waals surface area contributed by atoms with Crippen LogP contribution < -0.4 is 0 Å². The molecule has 2 nitrogen and oxygen atoms in total. The Balaban J connectivity index is 2.37. The highest BCUT2D eigenvalue weighted by Gasteiger charge is 2.12. The fourth-order valence-electron chi connectivity index (χ4n) is 1.19. The number of rotatable bonds is 2. The van der Waals surface area contributed by atoms with Crippen molar-refractivity contribution in [2.24, 2.45) is 0 Å². The predicted molar refractivity (Wildman–Crippen MR) is 62.3 cm³/mol. The number of hydrogen-bond donors (Lipinski definition) is 0. The van der Waals surface area contributed by atoms with Gasteiger partial charge in [0.25, 0.3) is 0 Å². The van der Waals surface area contributed by atoms with Crippen LogP contribution in [0, 0.1) is 6.92 Å². The SMILES string of the molecule is Cc1ccc(S(=O)c2cocc2Br)cc1. The van der Waals surface area contributed by atoms with Crippen LogP contribution in [0.5, 0.6) is 0 Å². The first-order valence-corrected chi connectivity index (χ1v) is 6.33. The maximum atomic E-state index is 12.1. The molecule has 0 saturated carbocycles. The first kappa shape index (κ1) is 10.6. The Morgan fingerprint density at radius 2 is 1.87 bits per heavy atom. The van der Waals surface area contributed by atoms with Gasteiger partial charge in [0.15, 0.2) is 0 Å². The molecule has 0 aliphatic rings. The normalized spacial score (nSPS) is 12.7. The van der Waals surface area contributed by atoms with Crippen LogP contribution in [0.4, 0.5) is 0 Å². The third-order valence-electron chi connectivity index (χ3n) is 2.02. The maximum absolute atomic E-state index is 12.1. The third kappa shape index (κ3) is 2.21. The van der Waals surface area contributed by atoms with Gasteiger partial charge in [-0.05, 0) is 35.0 Å². The van der Waals surface area contributed by atoms with Gasteiger partial charge in [0, 0.05) is 4.90 Å². The van der Waals surface area contributed by atoms with Crippen LogP contribution in [0.3, 0.4) is 0 Å². The smallest absolute Gasteiger partial charge is 0.108 e. The third-order valence-corrected chi connectivity index (χ3v) is 4.31. The van der Waals surface area contributed by atoms with Gasteiger partial charge in [-0.3, -0.25) is 0 Å². The zero-order valence-electron chi connectivity index (χ0n) is 8.07. The van der Waals surface area contributed by atoms with E-state index in [9.17, 15) is 4.21 Å². The lowest BCUT2D eigenvalue weighted by atomic mass is 10.2. The lowest BCUT2D eigenvalue weighted by Gasteiger charge is -2.00. The summed E-state index contributed by atoms with van der Waals surface area (Å²) >= 11 is 3.29. The summed E-state index contributed by atoms with van der Waals surface area (Å²) in [5.41, 5.74) is 1.15. The highest BCUT2D eigenvalue weighted by atomic mass is 79.9. The van der Waals surface area contributed by atoms with Crippen molar-refractivity contribution < 1.29 is 8.63 Å². The molecule has 15 heavy (non-hydrogen) atoms. The first-order chi connectivity index (χ1) is 7.18. The topological polar surface area (TPSA) is 30.2 Å². The van der Waals surface area contributed by atoms with Crippen molar-refractivity contribution in [3.8, 4) is 0 Å². The number of halogens is 1. The summed E-state index contributed by atoms with van der Waals surface area (Å²) in [6.07, 6.45) is 3.03. The van der Waals surface area contributed by atoms with Crippen molar-refractivity contribution in [2.75, 3.05) is 0 Å². The van der Waals surface area contributed by atoms with Gasteiger partial charge in [0.2, 0.25) is 0 Å². The minimum absolute atomic E-state index is 0.666. The van der Waals surface area contributed by atoms with Gasteiger partial charge in [-0.15, -0.1) is 0 Å². The Labute approximate surface area is 98.9 Å². The number of furan rings is 1. The van der Waals surface area contributed by atoms with Crippen molar-refractivity contribution in [3.05, 3.63) is 46.8 Å². The highest BCUT2D eigenvalue weighted by molar-refractivity contribution is 9.10. The van der Waals surface area contributed by atoms with E-state index in [4.69, 9.17) is 4.42 Å². The standard InChI is InChI=1S/C11H9BrO2S/c1-8-2-4-9(5-3-8)15(13)11-7-14-6-10(11)12/h2-7H,1H3. The van der Waals surface area contributed by atoms with E-state index in [1.54, 1.807) is 0 Å². The van der Waals surface area contributed by atoms with Gasteiger partial charge in [-0.1, -0.05) is 17.7 Å². The van der Waals surface area contributed by atoms with E-state index in [2.05, 4.69) is 15.9 Å². The molecule has 0 saturated heterocycles. The zero-order chi connectivity index (χ0) is 10.8. The Hall–Kier alpha value is -0.870. The Kier molecular flexibility index (Phi) is 3.07. The largest absolute Gasteiger partial charge is 0.470 e. The summed E-state index contributed by atoms with van der Waals surface area (Å²) in [5.74, 6) is 0. The Bertz CT molecular complexity index is 488. The van der Waals surface area contributed by atoms with E-state index in [1.807, 2.05) is 31.2 Å². The molecule has 2 aromatic rings. The second-order valence-corrected chi connectivity index (χ2v) is 5.47. The van der Waals surface area contributed by atoms with Gasteiger partial charge >= 0.3 is 0 Å². The monoisotopic (exact) mass is 284 g/mol. The van der Waals surface area contributed by atoms with Crippen LogP contribution in [0.15, 0.2) is 55.5 Å². The molecular weight excluding hydrogens is 276 g/mol. The molecule has 1 unspecified atom stereocenters. The molecule has 78 valence electrons. The average molecular weight is 285 g/mol. The van der Waals surface area contributed by atoms with Gasteiger partial charge in [0.1, 0.15) is 12.5 Å². The minimum atomic E-state index is -1.18. The molecule has 0 spiro atoms. The highest BCUT2D eigenvalue weighted by Crippen LogP contribution is 2.25. The molecular formula is C11H9BrO2S. The summed E-state index contributed by atoms with van der Waals surface area (Å²) in [4.78, 5) is 1.45. The first-order valence-electron chi connectivity index (χ1n) is 4.38. The van der Waals surface area contributed by atoms with Crippen LogP contribution in [-0.4, -0.2) is 4.21 Å². The molecule has 2 rings (SSSR count). The Morgan fingerprint density at radius 3 is 2.40 bits per heavy atom. The predicted octanol–water partition coefficient (Wildman–Crippen LogP) is 3.52. The molecule has 0 N–H and O–H groups in total. The van der Waals surface area contributed by atoms with Crippen LogP contribution in [0.2, 0.25) is 0 Å². The van der Waals surface area contributed by atoms with Gasteiger partial charge in [-0.2, -0.15) is 0 Å². The van der Waals surface area contributed by atoms with E-state index in [0.29, 0.717) is 4.90 Å². The molecule has 0 bridgehead atoms. The fraction of sp³-hybridized carbons (Fsp3) is 0.0909. The van der Waals surface area contributed by atoms with Crippen LogP contribution in [-0.2, 0) is 10.8 Å². The van der Waals surface area contributed by atoms with Crippen molar-refractivity contribution in [3.63, 3.8) is 0 Å². The lowest BCUT2D eigenvalue weighted by molar-refractivity contribution is 0.560. The summed E-state index contributed by atoms with van der Waals surface area (Å²) in [7, 11) is -1.18. The molecule has 0 amide bonds. The van der Waals surface area contributed by atoms with Crippen molar-refractivity contribution >= 4 is 26.7 Å². The minimum Gasteiger partial charge on any atom is -0.470 e. The lowest BCUT2D eigenvalue weighted by Crippen LogP contribution is -1.91. The summed E-state index contributed by atoms with van der Waals surface area (Å²) in [6, 6.07) is 7.62. The molecule has 1 atom stereocenters. The second kappa shape index (κ2) is 4.33. The van der Waals surface area contributed by atoms with Crippen LogP contribution >= 0.6 is 15.9 Å². The molecule has 4 heteroatoms. The fourth-order valence-corrected chi connectivity index (χ4v) is 2.84. The van der Waals surface area contributed by atoms with E-state index in [0.717, 1.165) is 14.9 Å². The van der Waals surface area contributed by atoms with E-state index in [1.165, 1.54) is 12.5 Å². The van der Waals surface area contributed by atoms with Crippen molar-refractivity contribution in [2.45, 2.75) is 16.7 Å². The molecule has 0 fully saturated rings. The average Bonchev–Trinajstić information content (AvgIpc) is 2.65. The quantitative estimate of drug-likeness (QED) is 0.845. The van der Waals surface area contributed by atoms with E-state index < -0.39 is 10.8 Å². The molecule has 1 heterocycles. The van der Waals surface area contributed by atoms with E-state index >= 15 is 0 Å². The molecule has 1 aromatic carbocycles. The number of hydrogen-bond acceptors (Lipinski definition) is 2. The molecule has 1 aromatic heterocycles.